The lowest BCUT2D eigenvalue weighted by molar-refractivity contribution is 0.0800. The van der Waals surface area contributed by atoms with Crippen LogP contribution < -0.4 is 0 Å². The molecule has 2 saturated heterocycles. The van der Waals surface area contributed by atoms with Gasteiger partial charge in [-0.15, -0.1) is 0 Å². The minimum Gasteiger partial charge on any atom is -0.396 e. The molecule has 0 amide bonds. The van der Waals surface area contributed by atoms with Crippen LogP contribution in [0.25, 0.3) is 0 Å². The number of rotatable bonds is 4. The highest BCUT2D eigenvalue weighted by Crippen LogP contribution is 2.30. The number of likely N-dealkylation sites (tertiary alicyclic amines) is 1. The van der Waals surface area contributed by atoms with Gasteiger partial charge in [0.1, 0.15) is 0 Å². The van der Waals surface area contributed by atoms with Crippen molar-refractivity contribution in [3.63, 3.8) is 0 Å². The predicted molar refractivity (Wildman–Crippen MR) is 71.1 cm³/mol. The Bertz CT molecular complexity index is 253. The van der Waals surface area contributed by atoms with E-state index in [1.165, 1.54) is 32.4 Å². The molecule has 2 fully saturated rings. The van der Waals surface area contributed by atoms with Crippen molar-refractivity contribution in [2.75, 3.05) is 33.3 Å². The maximum Gasteiger partial charge on any atom is 0.0496 e. The summed E-state index contributed by atoms with van der Waals surface area (Å²) in [6.07, 6.45) is 5.11. The zero-order chi connectivity index (χ0) is 12.5. The van der Waals surface area contributed by atoms with Crippen LogP contribution in [0.1, 0.15) is 39.5 Å². The van der Waals surface area contributed by atoms with Crippen LogP contribution in [0, 0.1) is 5.41 Å². The van der Waals surface area contributed by atoms with Crippen molar-refractivity contribution in [3.8, 4) is 0 Å². The van der Waals surface area contributed by atoms with Gasteiger partial charge < -0.3 is 10.0 Å². The Kier molecular flexibility index (Phi) is 4.11. The van der Waals surface area contributed by atoms with Gasteiger partial charge in [-0.05, 0) is 39.3 Å². The summed E-state index contributed by atoms with van der Waals surface area (Å²) in [6, 6.07) is 1.56. The monoisotopic (exact) mass is 240 g/mol. The number of hydrogen-bond donors (Lipinski definition) is 1. The Morgan fingerprint density at radius 1 is 1.24 bits per heavy atom. The second kappa shape index (κ2) is 5.25. The first-order valence-corrected chi connectivity index (χ1v) is 7.13. The molecule has 3 heteroatoms. The molecule has 17 heavy (non-hydrogen) atoms. The van der Waals surface area contributed by atoms with Crippen molar-refractivity contribution < 1.29 is 5.11 Å². The van der Waals surface area contributed by atoms with Gasteiger partial charge in [0.15, 0.2) is 0 Å². The Hall–Kier alpha value is -0.120. The minimum absolute atomic E-state index is 0.0855. The van der Waals surface area contributed by atoms with Crippen LogP contribution in [0.4, 0.5) is 0 Å². The summed E-state index contributed by atoms with van der Waals surface area (Å²) in [5.41, 5.74) is 0.0855. The standard InChI is InChI=1S/C14H28N2O/c1-4-14(2,11-17)10-16-8-7-12-5-6-13(9-16)15(12)3/h12-13,17H,4-11H2,1-3H3. The lowest BCUT2D eigenvalue weighted by Gasteiger charge is -2.34. The largest absolute Gasteiger partial charge is 0.396 e. The van der Waals surface area contributed by atoms with Gasteiger partial charge in [-0.2, -0.15) is 0 Å². The molecule has 2 aliphatic heterocycles. The summed E-state index contributed by atoms with van der Waals surface area (Å²) in [5.74, 6) is 0. The first-order chi connectivity index (χ1) is 8.08. The van der Waals surface area contributed by atoms with E-state index in [0.717, 1.165) is 25.0 Å². The van der Waals surface area contributed by atoms with Crippen molar-refractivity contribution in [1.29, 1.82) is 0 Å². The molecule has 1 N–H and O–H groups in total. The number of aliphatic hydroxyl groups is 1. The third kappa shape index (κ3) is 2.83. The number of fused-ring (bicyclic) bond motifs is 2. The quantitative estimate of drug-likeness (QED) is 0.808. The molecular formula is C14H28N2O. The molecule has 3 unspecified atom stereocenters. The first-order valence-electron chi connectivity index (χ1n) is 7.13. The Morgan fingerprint density at radius 2 is 1.94 bits per heavy atom. The lowest BCUT2D eigenvalue weighted by Crippen LogP contribution is -2.42. The first kappa shape index (κ1) is 13.3. The Balaban J connectivity index is 1.95. The van der Waals surface area contributed by atoms with Crippen LogP contribution in [0.3, 0.4) is 0 Å². The van der Waals surface area contributed by atoms with Crippen LogP contribution in [0.2, 0.25) is 0 Å². The zero-order valence-electron chi connectivity index (χ0n) is 11.7. The fourth-order valence-corrected chi connectivity index (χ4v) is 3.34. The lowest BCUT2D eigenvalue weighted by atomic mass is 9.87. The Labute approximate surface area is 106 Å². The van der Waals surface area contributed by atoms with E-state index in [9.17, 15) is 5.11 Å². The van der Waals surface area contributed by atoms with E-state index in [1.54, 1.807) is 0 Å². The van der Waals surface area contributed by atoms with Crippen LogP contribution in [-0.2, 0) is 0 Å². The smallest absolute Gasteiger partial charge is 0.0496 e. The molecular weight excluding hydrogens is 212 g/mol. The molecule has 0 saturated carbocycles. The van der Waals surface area contributed by atoms with E-state index in [0.29, 0.717) is 6.61 Å². The third-order valence-electron chi connectivity index (χ3n) is 5.07. The van der Waals surface area contributed by atoms with E-state index in [2.05, 4.69) is 30.7 Å². The summed E-state index contributed by atoms with van der Waals surface area (Å²) >= 11 is 0. The predicted octanol–water partition coefficient (Wildman–Crippen LogP) is 1.56. The van der Waals surface area contributed by atoms with Crippen LogP contribution in [0.5, 0.6) is 0 Å². The van der Waals surface area contributed by atoms with Crippen molar-refractivity contribution in [1.82, 2.24) is 9.80 Å². The molecule has 0 aromatic carbocycles. The van der Waals surface area contributed by atoms with Gasteiger partial charge >= 0.3 is 0 Å². The molecule has 0 aliphatic carbocycles. The topological polar surface area (TPSA) is 26.7 Å². The fourth-order valence-electron chi connectivity index (χ4n) is 3.34. The van der Waals surface area contributed by atoms with Crippen LogP contribution in [0.15, 0.2) is 0 Å². The maximum absolute atomic E-state index is 9.53. The fraction of sp³-hybridized carbons (Fsp3) is 1.00. The van der Waals surface area contributed by atoms with Crippen LogP contribution >= 0.6 is 0 Å². The minimum atomic E-state index is 0.0855. The molecule has 0 aromatic rings. The van der Waals surface area contributed by atoms with Crippen molar-refractivity contribution in [2.45, 2.75) is 51.6 Å². The highest BCUT2D eigenvalue weighted by molar-refractivity contribution is 4.92. The van der Waals surface area contributed by atoms with Gasteiger partial charge in [0.25, 0.3) is 0 Å². The summed E-state index contributed by atoms with van der Waals surface area (Å²) in [6.45, 7) is 8.16. The van der Waals surface area contributed by atoms with E-state index in [-0.39, 0.29) is 5.41 Å². The molecule has 100 valence electrons. The van der Waals surface area contributed by atoms with Gasteiger partial charge in [-0.1, -0.05) is 13.8 Å². The van der Waals surface area contributed by atoms with Gasteiger partial charge in [0, 0.05) is 37.2 Å². The van der Waals surface area contributed by atoms with Crippen LogP contribution in [-0.4, -0.2) is 60.3 Å². The van der Waals surface area contributed by atoms with Crippen molar-refractivity contribution in [2.24, 2.45) is 5.41 Å². The zero-order valence-corrected chi connectivity index (χ0v) is 11.7. The number of nitrogens with zero attached hydrogens (tertiary/aromatic N) is 2. The molecule has 3 nitrogen and oxygen atoms in total. The van der Waals surface area contributed by atoms with Gasteiger partial charge in [-0.3, -0.25) is 4.90 Å². The van der Waals surface area contributed by atoms with Crippen molar-refractivity contribution >= 4 is 0 Å². The summed E-state index contributed by atoms with van der Waals surface area (Å²) < 4.78 is 0. The normalized spacial score (nSPS) is 34.6. The molecule has 3 atom stereocenters. The van der Waals surface area contributed by atoms with Gasteiger partial charge in [-0.25, -0.2) is 0 Å². The van der Waals surface area contributed by atoms with Gasteiger partial charge in [0.05, 0.1) is 0 Å². The molecule has 2 rings (SSSR count). The molecule has 2 bridgehead atoms. The summed E-state index contributed by atoms with van der Waals surface area (Å²) in [7, 11) is 2.29. The second-order valence-corrected chi connectivity index (χ2v) is 6.40. The van der Waals surface area contributed by atoms with E-state index in [1.807, 2.05) is 0 Å². The Morgan fingerprint density at radius 3 is 2.59 bits per heavy atom. The average Bonchev–Trinajstić information content (AvgIpc) is 2.57. The molecule has 2 heterocycles. The van der Waals surface area contributed by atoms with Gasteiger partial charge in [0.2, 0.25) is 0 Å². The summed E-state index contributed by atoms with van der Waals surface area (Å²) in [4.78, 5) is 5.17. The summed E-state index contributed by atoms with van der Waals surface area (Å²) in [5, 5.41) is 9.53. The number of likely N-dealkylation sites (N-methyl/N-ethyl adjacent to an activating group) is 1. The number of aliphatic hydroxyl groups excluding tert-OH is 1. The molecule has 2 aliphatic rings. The number of hydrogen-bond acceptors (Lipinski definition) is 3. The second-order valence-electron chi connectivity index (χ2n) is 6.40. The SMILES string of the molecule is CCC(C)(CO)CN1CCC2CCC(C1)N2C. The maximum atomic E-state index is 9.53. The molecule has 0 radical (unpaired) electrons. The van der Waals surface area contributed by atoms with E-state index in [4.69, 9.17) is 0 Å². The third-order valence-corrected chi connectivity index (χ3v) is 5.07. The molecule has 0 aromatic heterocycles. The average molecular weight is 240 g/mol. The van der Waals surface area contributed by atoms with E-state index >= 15 is 0 Å². The van der Waals surface area contributed by atoms with Crippen molar-refractivity contribution in [3.05, 3.63) is 0 Å². The highest BCUT2D eigenvalue weighted by Gasteiger charge is 2.36. The molecule has 0 spiro atoms. The van der Waals surface area contributed by atoms with E-state index < -0.39 is 0 Å². The highest BCUT2D eigenvalue weighted by atomic mass is 16.3.